The van der Waals surface area contributed by atoms with E-state index in [-0.39, 0.29) is 17.0 Å². The van der Waals surface area contributed by atoms with Crippen molar-refractivity contribution in [2.45, 2.75) is 0 Å². The van der Waals surface area contributed by atoms with Crippen molar-refractivity contribution in [3.8, 4) is 0 Å². The maximum atomic E-state index is 2.11. The van der Waals surface area contributed by atoms with E-state index in [1.807, 2.05) is 21.7 Å². The molecule has 0 aliphatic carbocycles. The minimum absolute atomic E-state index is 0. The van der Waals surface area contributed by atoms with E-state index >= 15 is 0 Å². The van der Waals surface area contributed by atoms with Gasteiger partial charge in [0.15, 0.2) is 0 Å². The van der Waals surface area contributed by atoms with Crippen LogP contribution in [0.25, 0.3) is 0 Å². The average Bonchev–Trinajstić information content (AvgIpc) is 1.86. The van der Waals surface area contributed by atoms with Gasteiger partial charge >= 0.3 is 53.6 Å². The molecule has 0 aromatic carbocycles. The fourth-order valence-electron chi connectivity index (χ4n) is 0.313. The van der Waals surface area contributed by atoms with E-state index in [0.29, 0.717) is 0 Å². The average molecular weight is 187 g/mol. The van der Waals surface area contributed by atoms with Gasteiger partial charge in [0.05, 0.1) is 0 Å². The molecule has 0 fully saturated rings. The third kappa shape index (κ3) is 2.69. The van der Waals surface area contributed by atoms with Gasteiger partial charge in [-0.15, -0.1) is 0 Å². The molecule has 0 aliphatic rings. The fourth-order valence-corrected chi connectivity index (χ4v) is 1.23. The first-order valence-electron chi connectivity index (χ1n) is 1.75. The minimum atomic E-state index is 0. The Kier molecular flexibility index (Phi) is 4.42. The van der Waals surface area contributed by atoms with Crippen LogP contribution in [0, 0.1) is 0 Å². The molecule has 0 N–H and O–H groups in total. The van der Waals surface area contributed by atoms with Crippen molar-refractivity contribution in [1.29, 1.82) is 0 Å². The van der Waals surface area contributed by atoms with Crippen LogP contribution in [0.15, 0.2) is 17.5 Å². The zero-order valence-corrected chi connectivity index (χ0v) is 7.54. The molecule has 0 aliphatic heterocycles. The Morgan fingerprint density at radius 2 is 2.29 bits per heavy atom. The zero-order valence-electron chi connectivity index (χ0n) is 3.73. The summed E-state index contributed by atoms with van der Waals surface area (Å²) < 4.78 is 1.41. The first kappa shape index (κ1) is 7.95. The van der Waals surface area contributed by atoms with Gasteiger partial charge in [-0.25, -0.2) is 0 Å². The van der Waals surface area contributed by atoms with Gasteiger partial charge in [0.2, 0.25) is 0 Å². The second kappa shape index (κ2) is 3.89. The predicted octanol–water partition coefficient (Wildman–Crippen LogP) is -2.45. The zero-order chi connectivity index (χ0) is 4.41. The first-order valence-corrected chi connectivity index (χ1v) is 3.34. The Bertz CT molecular complexity index is 115. The number of rotatable bonds is 0. The summed E-state index contributed by atoms with van der Waals surface area (Å²) in [5.41, 5.74) is 0. The maximum absolute atomic E-state index is 2.11. The third-order valence-corrected chi connectivity index (χ3v) is 2.05. The van der Waals surface area contributed by atoms with Gasteiger partial charge in [0.25, 0.3) is 0 Å². The molecular formula is C4H3BrMgS. The van der Waals surface area contributed by atoms with Crippen LogP contribution in [0.1, 0.15) is 0 Å². The molecule has 1 aromatic heterocycles. The van der Waals surface area contributed by atoms with Crippen LogP contribution in [0.2, 0.25) is 0 Å². The van der Waals surface area contributed by atoms with Gasteiger partial charge in [-0.3, -0.25) is 0 Å². The number of thiophene rings is 1. The van der Waals surface area contributed by atoms with Crippen molar-refractivity contribution in [1.82, 2.24) is 0 Å². The SMILES string of the molecule is [Br-].[Mg+][c]1cccs1. The summed E-state index contributed by atoms with van der Waals surface area (Å²) in [5.74, 6) is 0. The first-order chi connectivity index (χ1) is 2.89. The van der Waals surface area contributed by atoms with Crippen LogP contribution in [-0.4, -0.2) is 21.7 Å². The van der Waals surface area contributed by atoms with E-state index in [0.717, 1.165) is 0 Å². The summed E-state index contributed by atoms with van der Waals surface area (Å²) in [7, 11) is 0. The molecule has 1 aromatic rings. The molecule has 1 rings (SSSR count). The molecular weight excluding hydrogens is 184 g/mol. The van der Waals surface area contributed by atoms with Crippen molar-refractivity contribution >= 4 is 36.1 Å². The van der Waals surface area contributed by atoms with Gasteiger partial charge in [0, 0.05) is 0 Å². The number of hydrogen-bond acceptors (Lipinski definition) is 1. The Hall–Kier alpha value is 0.946. The van der Waals surface area contributed by atoms with Crippen LogP contribution < -0.4 is 20.0 Å². The van der Waals surface area contributed by atoms with E-state index in [9.17, 15) is 0 Å². The predicted molar refractivity (Wildman–Crippen MR) is 29.7 cm³/mol. The van der Waals surface area contributed by atoms with Crippen molar-refractivity contribution in [2.24, 2.45) is 0 Å². The molecule has 0 spiro atoms. The molecule has 34 valence electrons. The monoisotopic (exact) mass is 186 g/mol. The van der Waals surface area contributed by atoms with Gasteiger partial charge < -0.3 is 17.0 Å². The van der Waals surface area contributed by atoms with Gasteiger partial charge in [-0.1, -0.05) is 0 Å². The summed E-state index contributed by atoms with van der Waals surface area (Å²) in [6.07, 6.45) is 0. The van der Waals surface area contributed by atoms with E-state index in [1.54, 1.807) is 11.3 Å². The fraction of sp³-hybridized carbons (Fsp3) is 0. The summed E-state index contributed by atoms with van der Waals surface area (Å²) >= 11 is 3.71. The molecule has 0 unspecified atom stereocenters. The quantitative estimate of drug-likeness (QED) is 0.396. The summed E-state index contributed by atoms with van der Waals surface area (Å²) in [6.45, 7) is 0. The summed E-state index contributed by atoms with van der Waals surface area (Å²) in [4.78, 5) is 0. The molecule has 1 heterocycles. The van der Waals surface area contributed by atoms with E-state index in [1.165, 1.54) is 3.01 Å². The molecule has 0 bridgehead atoms. The van der Waals surface area contributed by atoms with Crippen LogP contribution in [0.3, 0.4) is 0 Å². The van der Waals surface area contributed by atoms with Crippen molar-refractivity contribution < 1.29 is 17.0 Å². The van der Waals surface area contributed by atoms with Crippen molar-refractivity contribution in [2.75, 3.05) is 0 Å². The Morgan fingerprint density at radius 1 is 1.57 bits per heavy atom. The number of hydrogen-bond donors (Lipinski definition) is 0. The van der Waals surface area contributed by atoms with Crippen LogP contribution in [0.5, 0.6) is 0 Å². The Labute approximate surface area is 70.1 Å². The Morgan fingerprint density at radius 3 is 2.43 bits per heavy atom. The normalized spacial score (nSPS) is 7.71. The molecule has 0 nitrogen and oxygen atoms in total. The third-order valence-electron chi connectivity index (χ3n) is 0.580. The van der Waals surface area contributed by atoms with Crippen LogP contribution in [-0.2, 0) is 0 Å². The Balaban J connectivity index is 0.000000360. The van der Waals surface area contributed by atoms with Crippen LogP contribution >= 0.6 is 11.3 Å². The van der Waals surface area contributed by atoms with Gasteiger partial charge in [-0.05, 0) is 0 Å². The van der Waals surface area contributed by atoms with Crippen molar-refractivity contribution in [3.63, 3.8) is 0 Å². The molecule has 7 heavy (non-hydrogen) atoms. The van der Waals surface area contributed by atoms with Crippen LogP contribution in [0.4, 0.5) is 0 Å². The molecule has 0 saturated heterocycles. The molecule has 3 heteroatoms. The molecule has 0 atom stereocenters. The van der Waals surface area contributed by atoms with Gasteiger partial charge in [-0.2, -0.15) is 0 Å². The molecule has 0 saturated carbocycles. The molecule has 0 amide bonds. The standard InChI is InChI=1S/C4H3S.BrH.Mg/c1-2-4-5-3-1;;/h1-3H;1H;/q;;+1/p-1. The second-order valence-electron chi connectivity index (χ2n) is 1.08. The van der Waals surface area contributed by atoms with Gasteiger partial charge in [0.1, 0.15) is 0 Å². The number of halogens is 1. The topological polar surface area (TPSA) is 0 Å². The summed E-state index contributed by atoms with van der Waals surface area (Å²) in [5, 5.41) is 2.09. The second-order valence-corrected chi connectivity index (χ2v) is 3.39. The van der Waals surface area contributed by atoms with E-state index in [2.05, 4.69) is 17.5 Å². The summed E-state index contributed by atoms with van der Waals surface area (Å²) in [6, 6.07) is 4.18. The van der Waals surface area contributed by atoms with E-state index in [4.69, 9.17) is 0 Å². The molecule has 0 radical (unpaired) electrons. The van der Waals surface area contributed by atoms with E-state index < -0.39 is 0 Å². The van der Waals surface area contributed by atoms with Crippen molar-refractivity contribution in [3.05, 3.63) is 17.5 Å².